The minimum atomic E-state index is -0.518. The van der Waals surface area contributed by atoms with Crippen molar-refractivity contribution in [1.29, 1.82) is 0 Å². The number of rotatable bonds is 2. The van der Waals surface area contributed by atoms with Gasteiger partial charge in [-0.15, -0.1) is 0 Å². The molecule has 15 heavy (non-hydrogen) atoms. The van der Waals surface area contributed by atoms with Crippen LogP contribution in [0.3, 0.4) is 0 Å². The first-order valence-electron chi connectivity index (χ1n) is 4.52. The number of fused-ring (bicyclic) bond motifs is 1. The number of benzene rings is 1. The fourth-order valence-electron chi connectivity index (χ4n) is 1.64. The van der Waals surface area contributed by atoms with E-state index in [0.717, 1.165) is 16.6 Å². The lowest BCUT2D eigenvalue weighted by Gasteiger charge is -1.99. The molecule has 2 aromatic rings. The third-order valence-electron chi connectivity index (χ3n) is 2.36. The lowest BCUT2D eigenvalue weighted by molar-refractivity contribution is 0.100. The van der Waals surface area contributed by atoms with Gasteiger partial charge < -0.3 is 21.8 Å². The molecular weight excluding hydrogens is 192 g/mol. The summed E-state index contributed by atoms with van der Waals surface area (Å²) in [6.07, 6.45) is 0. The first-order chi connectivity index (χ1) is 7.13. The van der Waals surface area contributed by atoms with Crippen molar-refractivity contribution in [3.05, 3.63) is 23.8 Å². The van der Waals surface area contributed by atoms with Crippen molar-refractivity contribution < 1.29 is 4.79 Å². The second-order valence-corrected chi connectivity index (χ2v) is 3.29. The number of nitrogens with one attached hydrogen (secondary N) is 2. The van der Waals surface area contributed by atoms with Gasteiger partial charge in [-0.1, -0.05) is 0 Å². The molecule has 1 heterocycles. The number of hydrogen-bond donors (Lipinski definition) is 4. The van der Waals surface area contributed by atoms with Gasteiger partial charge in [0.05, 0.1) is 5.56 Å². The number of primary amides is 1. The van der Waals surface area contributed by atoms with Gasteiger partial charge in [0.25, 0.3) is 5.91 Å². The predicted octanol–water partition coefficient (Wildman–Crippen LogP) is 0.891. The van der Waals surface area contributed by atoms with Gasteiger partial charge in [-0.3, -0.25) is 4.79 Å². The van der Waals surface area contributed by atoms with Crippen LogP contribution >= 0.6 is 0 Å². The summed E-state index contributed by atoms with van der Waals surface area (Å²) in [6, 6.07) is 5.55. The summed E-state index contributed by atoms with van der Waals surface area (Å²) in [5, 5.41) is 3.75. The summed E-state index contributed by atoms with van der Waals surface area (Å²) >= 11 is 0. The fourth-order valence-corrected chi connectivity index (χ4v) is 1.64. The van der Waals surface area contributed by atoms with E-state index in [0.29, 0.717) is 11.4 Å². The van der Waals surface area contributed by atoms with E-state index in [1.165, 1.54) is 0 Å². The van der Waals surface area contributed by atoms with Gasteiger partial charge in [-0.2, -0.15) is 0 Å². The zero-order valence-electron chi connectivity index (χ0n) is 8.29. The van der Waals surface area contributed by atoms with Crippen LogP contribution in [0.5, 0.6) is 0 Å². The number of hydrogen-bond acceptors (Lipinski definition) is 3. The molecule has 0 spiro atoms. The molecule has 0 aliphatic carbocycles. The molecule has 0 saturated heterocycles. The molecule has 0 saturated carbocycles. The SMILES string of the molecule is CNc1ccc2c(C(N)=O)c(N)[nH]c2c1. The van der Waals surface area contributed by atoms with Gasteiger partial charge in [0.2, 0.25) is 0 Å². The molecule has 0 radical (unpaired) electrons. The zero-order chi connectivity index (χ0) is 11.0. The molecule has 78 valence electrons. The molecule has 0 unspecified atom stereocenters. The highest BCUT2D eigenvalue weighted by Gasteiger charge is 2.13. The van der Waals surface area contributed by atoms with Gasteiger partial charge in [0.15, 0.2) is 0 Å². The smallest absolute Gasteiger partial charge is 0.253 e. The largest absolute Gasteiger partial charge is 0.388 e. The third-order valence-corrected chi connectivity index (χ3v) is 2.36. The number of nitrogen functional groups attached to an aromatic ring is 1. The van der Waals surface area contributed by atoms with Crippen LogP contribution < -0.4 is 16.8 Å². The Morgan fingerprint density at radius 3 is 2.80 bits per heavy atom. The number of anilines is 2. The van der Waals surface area contributed by atoms with Crippen LogP contribution in [0.4, 0.5) is 11.5 Å². The molecule has 5 nitrogen and oxygen atoms in total. The van der Waals surface area contributed by atoms with Gasteiger partial charge in [0, 0.05) is 23.6 Å². The Hall–Kier alpha value is -2.17. The summed E-state index contributed by atoms with van der Waals surface area (Å²) in [6.45, 7) is 0. The van der Waals surface area contributed by atoms with Crippen LogP contribution in [-0.2, 0) is 0 Å². The molecule has 0 fully saturated rings. The average molecular weight is 204 g/mol. The van der Waals surface area contributed by atoms with Crippen molar-refractivity contribution in [2.24, 2.45) is 5.73 Å². The second-order valence-electron chi connectivity index (χ2n) is 3.29. The summed E-state index contributed by atoms with van der Waals surface area (Å²) in [5.41, 5.74) is 13.0. The lowest BCUT2D eigenvalue weighted by atomic mass is 10.1. The number of carbonyl (C=O) groups excluding carboxylic acids is 1. The molecular formula is C10H12N4O. The highest BCUT2D eigenvalue weighted by molar-refractivity contribution is 6.11. The molecule has 0 atom stereocenters. The highest BCUT2D eigenvalue weighted by atomic mass is 16.1. The van der Waals surface area contributed by atoms with E-state index in [1.807, 2.05) is 25.2 Å². The Labute approximate surface area is 86.4 Å². The molecule has 5 heteroatoms. The van der Waals surface area contributed by atoms with Crippen LogP contribution in [-0.4, -0.2) is 17.9 Å². The van der Waals surface area contributed by atoms with Gasteiger partial charge in [0.1, 0.15) is 5.82 Å². The van der Waals surface area contributed by atoms with E-state index in [1.54, 1.807) is 0 Å². The first kappa shape index (κ1) is 9.39. The van der Waals surface area contributed by atoms with Gasteiger partial charge in [-0.25, -0.2) is 0 Å². The van der Waals surface area contributed by atoms with Crippen molar-refractivity contribution in [2.45, 2.75) is 0 Å². The number of aromatic nitrogens is 1. The maximum absolute atomic E-state index is 11.2. The predicted molar refractivity (Wildman–Crippen MR) is 60.8 cm³/mol. The summed E-state index contributed by atoms with van der Waals surface area (Å²) in [7, 11) is 1.82. The zero-order valence-corrected chi connectivity index (χ0v) is 8.29. The molecule has 0 aliphatic heterocycles. The Balaban J connectivity index is 2.74. The van der Waals surface area contributed by atoms with Crippen molar-refractivity contribution in [2.75, 3.05) is 18.1 Å². The molecule has 0 bridgehead atoms. The molecule has 2 rings (SSSR count). The van der Waals surface area contributed by atoms with E-state index < -0.39 is 5.91 Å². The fraction of sp³-hybridized carbons (Fsp3) is 0.100. The van der Waals surface area contributed by atoms with Gasteiger partial charge in [-0.05, 0) is 18.2 Å². The molecule has 6 N–H and O–H groups in total. The Morgan fingerprint density at radius 1 is 1.47 bits per heavy atom. The van der Waals surface area contributed by atoms with Crippen LogP contribution in [0, 0.1) is 0 Å². The summed E-state index contributed by atoms with van der Waals surface area (Å²) < 4.78 is 0. The van der Waals surface area contributed by atoms with E-state index in [4.69, 9.17) is 11.5 Å². The molecule has 0 aliphatic rings. The van der Waals surface area contributed by atoms with Gasteiger partial charge >= 0.3 is 0 Å². The highest BCUT2D eigenvalue weighted by Crippen LogP contribution is 2.26. The van der Waals surface area contributed by atoms with Crippen molar-refractivity contribution in [3.63, 3.8) is 0 Å². The van der Waals surface area contributed by atoms with Crippen LogP contribution in [0.1, 0.15) is 10.4 Å². The first-order valence-corrected chi connectivity index (χ1v) is 4.52. The van der Waals surface area contributed by atoms with Crippen LogP contribution in [0.2, 0.25) is 0 Å². The third kappa shape index (κ3) is 1.38. The van der Waals surface area contributed by atoms with E-state index in [9.17, 15) is 4.79 Å². The number of carbonyl (C=O) groups is 1. The number of amides is 1. The van der Waals surface area contributed by atoms with E-state index in [2.05, 4.69) is 10.3 Å². The molecule has 1 amide bonds. The number of nitrogens with two attached hydrogens (primary N) is 2. The van der Waals surface area contributed by atoms with Crippen molar-refractivity contribution in [1.82, 2.24) is 4.98 Å². The van der Waals surface area contributed by atoms with E-state index >= 15 is 0 Å². The molecule has 1 aromatic carbocycles. The number of aromatic amines is 1. The number of H-pyrrole nitrogens is 1. The normalized spacial score (nSPS) is 10.5. The minimum absolute atomic E-state index is 0.311. The molecule has 1 aromatic heterocycles. The Kier molecular flexibility index (Phi) is 2.00. The summed E-state index contributed by atoms with van der Waals surface area (Å²) in [4.78, 5) is 14.1. The average Bonchev–Trinajstić information content (AvgIpc) is 2.52. The van der Waals surface area contributed by atoms with Crippen LogP contribution in [0.25, 0.3) is 10.9 Å². The Morgan fingerprint density at radius 2 is 2.20 bits per heavy atom. The lowest BCUT2D eigenvalue weighted by Crippen LogP contribution is -2.12. The van der Waals surface area contributed by atoms with E-state index in [-0.39, 0.29) is 0 Å². The second kappa shape index (κ2) is 3.20. The Bertz CT molecular complexity index is 529. The standard InChI is InChI=1S/C10H12N4O/c1-13-5-2-3-6-7(4-5)14-9(11)8(6)10(12)15/h2-4,13-14H,11H2,1H3,(H2,12,15). The maximum Gasteiger partial charge on any atom is 0.253 e. The quantitative estimate of drug-likeness (QED) is 0.584. The van der Waals surface area contributed by atoms with Crippen molar-refractivity contribution >= 4 is 28.3 Å². The van der Waals surface area contributed by atoms with Crippen molar-refractivity contribution in [3.8, 4) is 0 Å². The summed E-state index contributed by atoms with van der Waals surface area (Å²) in [5.74, 6) is -0.207. The van der Waals surface area contributed by atoms with Crippen LogP contribution in [0.15, 0.2) is 18.2 Å². The minimum Gasteiger partial charge on any atom is -0.388 e. The monoisotopic (exact) mass is 204 g/mol. The maximum atomic E-state index is 11.2. The topological polar surface area (TPSA) is 96.9 Å².